The lowest BCUT2D eigenvalue weighted by Crippen LogP contribution is -2.45. The Morgan fingerprint density at radius 3 is 2.52 bits per heavy atom. The van der Waals surface area contributed by atoms with E-state index in [9.17, 15) is 4.79 Å². The molecule has 1 heterocycles. The smallest absolute Gasteiger partial charge is 0.226 e. The third kappa shape index (κ3) is 5.44. The highest BCUT2D eigenvalue weighted by Gasteiger charge is 2.35. The molecule has 2 aliphatic rings. The van der Waals surface area contributed by atoms with Gasteiger partial charge < -0.3 is 15.4 Å². The minimum absolute atomic E-state index is 0. The van der Waals surface area contributed by atoms with Gasteiger partial charge in [-0.3, -0.25) is 4.79 Å². The first-order chi connectivity index (χ1) is 11.8. The van der Waals surface area contributed by atoms with Gasteiger partial charge >= 0.3 is 0 Å². The molecular weight excluding hydrogens is 336 g/mol. The highest BCUT2D eigenvalue weighted by molar-refractivity contribution is 5.85. The molecule has 25 heavy (non-hydrogen) atoms. The highest BCUT2D eigenvalue weighted by Crippen LogP contribution is 2.33. The van der Waals surface area contributed by atoms with Gasteiger partial charge in [0, 0.05) is 19.0 Å². The Labute approximate surface area is 157 Å². The van der Waals surface area contributed by atoms with Gasteiger partial charge in [0.2, 0.25) is 5.91 Å². The van der Waals surface area contributed by atoms with E-state index in [0.717, 1.165) is 58.2 Å². The van der Waals surface area contributed by atoms with Crippen LogP contribution in [-0.2, 0) is 16.0 Å². The van der Waals surface area contributed by atoms with Crippen LogP contribution in [0.4, 0.5) is 0 Å². The van der Waals surface area contributed by atoms with E-state index in [1.54, 1.807) is 0 Å². The average molecular weight is 367 g/mol. The number of ether oxygens (including phenoxy) is 1. The minimum Gasteiger partial charge on any atom is -0.378 e. The molecule has 3 rings (SSSR count). The van der Waals surface area contributed by atoms with Crippen LogP contribution in [0.2, 0.25) is 0 Å². The summed E-state index contributed by atoms with van der Waals surface area (Å²) in [7, 11) is 0. The van der Waals surface area contributed by atoms with Gasteiger partial charge in [0.25, 0.3) is 0 Å². The van der Waals surface area contributed by atoms with Crippen LogP contribution < -0.4 is 5.73 Å². The number of nitrogens with zero attached hydrogens (tertiary/aromatic N) is 1. The van der Waals surface area contributed by atoms with Gasteiger partial charge in [-0.1, -0.05) is 36.8 Å². The van der Waals surface area contributed by atoms with Crippen molar-refractivity contribution in [3.8, 4) is 0 Å². The van der Waals surface area contributed by atoms with E-state index in [2.05, 4.69) is 29.2 Å². The van der Waals surface area contributed by atoms with Crippen LogP contribution >= 0.6 is 12.4 Å². The summed E-state index contributed by atoms with van der Waals surface area (Å²) in [5.41, 5.74) is 7.14. The molecule has 0 unspecified atom stereocenters. The van der Waals surface area contributed by atoms with Gasteiger partial charge in [0.05, 0.1) is 12.7 Å². The lowest BCUT2D eigenvalue weighted by Gasteiger charge is -2.34. The van der Waals surface area contributed by atoms with Crippen molar-refractivity contribution >= 4 is 18.3 Å². The maximum Gasteiger partial charge on any atom is 0.226 e. The highest BCUT2D eigenvalue weighted by atomic mass is 35.5. The van der Waals surface area contributed by atoms with E-state index in [4.69, 9.17) is 10.5 Å². The van der Waals surface area contributed by atoms with Gasteiger partial charge in [0.1, 0.15) is 0 Å². The Balaban J connectivity index is 0.00000225. The largest absolute Gasteiger partial charge is 0.378 e. The van der Waals surface area contributed by atoms with Crippen LogP contribution in [0.3, 0.4) is 0 Å². The Kier molecular flexibility index (Phi) is 8.20. The molecule has 1 saturated carbocycles. The maximum absolute atomic E-state index is 12.7. The number of benzene rings is 1. The lowest BCUT2D eigenvalue weighted by atomic mass is 9.93. The molecule has 2 fully saturated rings. The summed E-state index contributed by atoms with van der Waals surface area (Å²) in [5, 5.41) is 0. The first-order valence-electron chi connectivity index (χ1n) is 9.42. The van der Waals surface area contributed by atoms with Crippen molar-refractivity contribution in [2.75, 3.05) is 26.2 Å². The molecule has 2 N–H and O–H groups in total. The van der Waals surface area contributed by atoms with Crippen LogP contribution in [0.15, 0.2) is 30.3 Å². The fourth-order valence-electron chi connectivity index (χ4n) is 4.11. The van der Waals surface area contributed by atoms with Crippen LogP contribution in [0.25, 0.3) is 0 Å². The summed E-state index contributed by atoms with van der Waals surface area (Å²) in [6, 6.07) is 10.4. The normalized spacial score (nSPS) is 24.1. The van der Waals surface area contributed by atoms with Gasteiger partial charge in [-0.25, -0.2) is 0 Å². The Morgan fingerprint density at radius 2 is 1.84 bits per heavy atom. The monoisotopic (exact) mass is 366 g/mol. The second kappa shape index (κ2) is 10.1. The molecule has 1 aromatic rings. The molecule has 0 aromatic heterocycles. The third-order valence-corrected chi connectivity index (χ3v) is 5.62. The van der Waals surface area contributed by atoms with Crippen LogP contribution in [-0.4, -0.2) is 43.2 Å². The molecule has 0 radical (unpaired) electrons. The third-order valence-electron chi connectivity index (χ3n) is 5.62. The van der Waals surface area contributed by atoms with Crippen molar-refractivity contribution in [3.05, 3.63) is 35.9 Å². The van der Waals surface area contributed by atoms with Crippen LogP contribution in [0, 0.1) is 11.8 Å². The van der Waals surface area contributed by atoms with Crippen LogP contribution in [0.5, 0.6) is 0 Å². The summed E-state index contributed by atoms with van der Waals surface area (Å²) < 4.78 is 6.02. The standard InChI is InChI=1S/C20H30N2O2.ClH/c21-15-17-7-4-8-19(17)20(23)22-12-9-18(10-13-22)24-14-11-16-5-2-1-3-6-16;/h1-3,5-6,17-19H,4,7-15,21H2;1H/t17-,19-;/m1./s1. The first kappa shape index (κ1) is 20.2. The van der Waals surface area contributed by atoms with Crippen molar-refractivity contribution in [2.24, 2.45) is 17.6 Å². The molecule has 0 bridgehead atoms. The molecule has 140 valence electrons. The van der Waals surface area contributed by atoms with E-state index >= 15 is 0 Å². The number of halogens is 1. The molecule has 2 atom stereocenters. The van der Waals surface area contributed by atoms with E-state index in [1.807, 2.05) is 6.07 Å². The number of amides is 1. The van der Waals surface area contributed by atoms with Gasteiger partial charge in [-0.15, -0.1) is 12.4 Å². The molecule has 4 nitrogen and oxygen atoms in total. The van der Waals surface area contributed by atoms with Crippen molar-refractivity contribution in [3.63, 3.8) is 0 Å². The van der Waals surface area contributed by atoms with Gasteiger partial charge in [-0.2, -0.15) is 0 Å². The minimum atomic E-state index is 0. The van der Waals surface area contributed by atoms with Crippen molar-refractivity contribution in [2.45, 2.75) is 44.6 Å². The zero-order chi connectivity index (χ0) is 16.8. The SMILES string of the molecule is Cl.NC[C@H]1CCC[C@H]1C(=O)N1CCC(OCCc2ccccc2)CC1. The van der Waals surface area contributed by atoms with E-state index in [1.165, 1.54) is 5.56 Å². The fraction of sp³-hybridized carbons (Fsp3) is 0.650. The number of piperidine rings is 1. The number of nitrogens with two attached hydrogens (primary N) is 1. The average Bonchev–Trinajstić information content (AvgIpc) is 3.11. The molecule has 0 spiro atoms. The number of hydrogen-bond donors (Lipinski definition) is 1. The summed E-state index contributed by atoms with van der Waals surface area (Å²) in [6.07, 6.45) is 6.46. The summed E-state index contributed by atoms with van der Waals surface area (Å²) >= 11 is 0. The van der Waals surface area contributed by atoms with E-state index in [0.29, 0.717) is 24.5 Å². The molecule has 1 aliphatic carbocycles. The second-order valence-electron chi connectivity index (χ2n) is 7.16. The summed E-state index contributed by atoms with van der Waals surface area (Å²) in [5.74, 6) is 0.911. The van der Waals surface area contributed by atoms with Crippen molar-refractivity contribution in [1.82, 2.24) is 4.90 Å². The summed E-state index contributed by atoms with van der Waals surface area (Å²) in [4.78, 5) is 14.8. The molecule has 5 heteroatoms. The number of carbonyl (C=O) groups excluding carboxylic acids is 1. The number of rotatable bonds is 6. The lowest BCUT2D eigenvalue weighted by molar-refractivity contribution is -0.139. The molecular formula is C20H31ClN2O2. The molecule has 1 aromatic carbocycles. The zero-order valence-corrected chi connectivity index (χ0v) is 15.8. The topological polar surface area (TPSA) is 55.6 Å². The summed E-state index contributed by atoms with van der Waals surface area (Å²) in [6.45, 7) is 3.08. The van der Waals surface area contributed by atoms with Crippen molar-refractivity contribution in [1.29, 1.82) is 0 Å². The molecule has 1 amide bonds. The maximum atomic E-state index is 12.7. The molecule has 1 aliphatic heterocycles. The predicted molar refractivity (Wildman–Crippen MR) is 103 cm³/mol. The zero-order valence-electron chi connectivity index (χ0n) is 14.9. The first-order valence-corrected chi connectivity index (χ1v) is 9.42. The Morgan fingerprint density at radius 1 is 1.12 bits per heavy atom. The Bertz CT molecular complexity index is 518. The van der Waals surface area contributed by atoms with Crippen LogP contribution in [0.1, 0.15) is 37.7 Å². The number of likely N-dealkylation sites (tertiary alicyclic amines) is 1. The van der Waals surface area contributed by atoms with E-state index in [-0.39, 0.29) is 18.3 Å². The second-order valence-corrected chi connectivity index (χ2v) is 7.16. The predicted octanol–water partition coefficient (Wildman–Crippen LogP) is 3.03. The van der Waals surface area contributed by atoms with Gasteiger partial charge in [0.15, 0.2) is 0 Å². The Hall–Kier alpha value is -1.10. The number of hydrogen-bond acceptors (Lipinski definition) is 3. The van der Waals surface area contributed by atoms with Gasteiger partial charge in [-0.05, 0) is 50.1 Å². The number of carbonyl (C=O) groups is 1. The fourth-order valence-corrected chi connectivity index (χ4v) is 4.11. The van der Waals surface area contributed by atoms with E-state index < -0.39 is 0 Å². The van der Waals surface area contributed by atoms with Crippen molar-refractivity contribution < 1.29 is 9.53 Å². The quantitative estimate of drug-likeness (QED) is 0.841. The molecule has 1 saturated heterocycles.